The van der Waals surface area contributed by atoms with Crippen LogP contribution in [0.15, 0.2) is 24.3 Å². The predicted octanol–water partition coefficient (Wildman–Crippen LogP) is 1.38. The number of hydrogen-bond donors (Lipinski definition) is 3. The van der Waals surface area contributed by atoms with Crippen LogP contribution < -0.4 is 10.6 Å². The van der Waals surface area contributed by atoms with E-state index in [9.17, 15) is 9.90 Å². The number of carbonyl (C=O) groups is 1. The number of aliphatic hydroxyl groups excluding tert-OH is 1. The Morgan fingerprint density at radius 1 is 1.44 bits per heavy atom. The highest BCUT2D eigenvalue weighted by Gasteiger charge is 2.06. The second kappa shape index (κ2) is 7.95. The first-order valence-electron chi connectivity index (χ1n) is 5.93. The molecule has 4 nitrogen and oxygen atoms in total. The quantitative estimate of drug-likeness (QED) is 0.656. The Hall–Kier alpha value is -1.26. The van der Waals surface area contributed by atoms with Gasteiger partial charge in [0.25, 0.3) is 0 Å². The van der Waals surface area contributed by atoms with Gasteiger partial charge in [-0.1, -0.05) is 18.2 Å². The van der Waals surface area contributed by atoms with E-state index < -0.39 is 6.10 Å². The summed E-state index contributed by atoms with van der Waals surface area (Å²) in [5.74, 6) is 0.221. The molecule has 18 heavy (non-hydrogen) atoms. The van der Waals surface area contributed by atoms with E-state index in [1.54, 1.807) is 7.05 Å². The molecular weight excluding hydrogens is 252 g/mol. The van der Waals surface area contributed by atoms with Crippen LogP contribution in [0.4, 0.5) is 5.69 Å². The molecule has 0 aliphatic heterocycles. The van der Waals surface area contributed by atoms with Crippen molar-refractivity contribution in [3.8, 4) is 0 Å². The van der Waals surface area contributed by atoms with E-state index in [1.807, 2.05) is 24.3 Å². The van der Waals surface area contributed by atoms with Crippen molar-refractivity contribution >= 4 is 23.2 Å². The fraction of sp³-hybridized carbons (Fsp3) is 0.462. The van der Waals surface area contributed by atoms with Gasteiger partial charge in [0.05, 0.1) is 12.0 Å². The topological polar surface area (TPSA) is 61.4 Å². The van der Waals surface area contributed by atoms with Gasteiger partial charge in [-0.05, 0) is 18.1 Å². The van der Waals surface area contributed by atoms with Crippen LogP contribution in [-0.2, 0) is 11.2 Å². The molecule has 100 valence electrons. The number of rotatable bonds is 7. The van der Waals surface area contributed by atoms with Crippen LogP contribution in [0, 0.1) is 0 Å². The Labute approximate surface area is 112 Å². The molecule has 5 heteroatoms. The molecule has 1 aromatic carbocycles. The summed E-state index contributed by atoms with van der Waals surface area (Å²) in [7, 11) is 1.63. The molecule has 0 aliphatic rings. The number of aliphatic hydroxyl groups is 1. The van der Waals surface area contributed by atoms with Gasteiger partial charge in [-0.2, -0.15) is 0 Å². The number of halogens is 1. The normalized spacial score (nSPS) is 11.9. The third kappa shape index (κ3) is 4.94. The van der Waals surface area contributed by atoms with E-state index in [2.05, 4.69) is 10.6 Å². The number of benzene rings is 1. The molecule has 0 saturated heterocycles. The van der Waals surface area contributed by atoms with Gasteiger partial charge in [0, 0.05) is 25.7 Å². The number of anilines is 1. The Balaban J connectivity index is 2.58. The molecule has 1 amide bonds. The van der Waals surface area contributed by atoms with Gasteiger partial charge in [-0.25, -0.2) is 0 Å². The molecule has 0 heterocycles. The van der Waals surface area contributed by atoms with Crippen molar-refractivity contribution in [1.82, 2.24) is 5.32 Å². The summed E-state index contributed by atoms with van der Waals surface area (Å²) in [5, 5.41) is 15.1. The van der Waals surface area contributed by atoms with Gasteiger partial charge in [0.2, 0.25) is 5.91 Å². The second-order valence-corrected chi connectivity index (χ2v) is 4.33. The Bertz CT molecular complexity index is 385. The Morgan fingerprint density at radius 2 is 2.17 bits per heavy atom. The second-order valence-electron chi connectivity index (χ2n) is 4.02. The van der Waals surface area contributed by atoms with Crippen LogP contribution in [0.1, 0.15) is 12.0 Å². The highest BCUT2D eigenvalue weighted by molar-refractivity contribution is 6.18. The number of hydrogen-bond acceptors (Lipinski definition) is 3. The summed E-state index contributed by atoms with van der Waals surface area (Å²) in [6, 6.07) is 7.75. The van der Waals surface area contributed by atoms with Crippen molar-refractivity contribution in [3.63, 3.8) is 0 Å². The number of para-hydroxylation sites is 1. The van der Waals surface area contributed by atoms with Crippen LogP contribution in [-0.4, -0.2) is 36.6 Å². The number of alkyl halides is 1. The average Bonchev–Trinajstić information content (AvgIpc) is 2.42. The summed E-state index contributed by atoms with van der Waals surface area (Å²) in [6.07, 6.45) is 0.547. The zero-order chi connectivity index (χ0) is 13.4. The molecule has 0 aliphatic carbocycles. The monoisotopic (exact) mass is 270 g/mol. The lowest BCUT2D eigenvalue weighted by molar-refractivity contribution is -0.120. The number of carbonyl (C=O) groups excluding carboxylic acids is 1. The summed E-state index contributed by atoms with van der Waals surface area (Å²) in [5.41, 5.74) is 1.99. The number of amides is 1. The molecule has 0 bridgehead atoms. The predicted molar refractivity (Wildman–Crippen MR) is 74.0 cm³/mol. The third-order valence-corrected chi connectivity index (χ3v) is 2.98. The van der Waals surface area contributed by atoms with Crippen LogP contribution in [0.2, 0.25) is 0 Å². The molecule has 0 aromatic heterocycles. The van der Waals surface area contributed by atoms with Crippen molar-refractivity contribution in [2.45, 2.75) is 18.9 Å². The standard InChI is InChI=1S/C13H19ClN2O2/c1-15-13(18)7-6-10-4-2-3-5-12(10)16-9-11(17)8-14/h2-5,11,16-17H,6-9H2,1H3,(H,15,18). The highest BCUT2D eigenvalue weighted by Crippen LogP contribution is 2.16. The van der Waals surface area contributed by atoms with Gasteiger partial charge in [-0.15, -0.1) is 11.6 Å². The van der Waals surface area contributed by atoms with E-state index in [0.717, 1.165) is 11.3 Å². The van der Waals surface area contributed by atoms with Crippen LogP contribution in [0.5, 0.6) is 0 Å². The molecule has 0 spiro atoms. The first kappa shape index (κ1) is 14.8. The van der Waals surface area contributed by atoms with E-state index in [-0.39, 0.29) is 11.8 Å². The first-order chi connectivity index (χ1) is 8.67. The van der Waals surface area contributed by atoms with E-state index >= 15 is 0 Å². The highest BCUT2D eigenvalue weighted by atomic mass is 35.5. The minimum atomic E-state index is -0.571. The van der Waals surface area contributed by atoms with Gasteiger partial charge >= 0.3 is 0 Å². The minimum Gasteiger partial charge on any atom is -0.390 e. The molecular formula is C13H19ClN2O2. The smallest absolute Gasteiger partial charge is 0.220 e. The summed E-state index contributed by atoms with van der Waals surface area (Å²) in [4.78, 5) is 11.2. The van der Waals surface area contributed by atoms with Crippen molar-refractivity contribution in [2.24, 2.45) is 0 Å². The maximum atomic E-state index is 11.2. The number of nitrogens with one attached hydrogen (secondary N) is 2. The van der Waals surface area contributed by atoms with Crippen molar-refractivity contribution in [2.75, 3.05) is 24.8 Å². The van der Waals surface area contributed by atoms with Crippen molar-refractivity contribution in [3.05, 3.63) is 29.8 Å². The molecule has 1 unspecified atom stereocenters. The fourth-order valence-corrected chi connectivity index (χ4v) is 1.68. The third-order valence-electron chi connectivity index (χ3n) is 2.62. The maximum absolute atomic E-state index is 11.2. The summed E-state index contributed by atoms with van der Waals surface area (Å²) >= 11 is 5.54. The van der Waals surface area contributed by atoms with E-state index in [4.69, 9.17) is 11.6 Å². The van der Waals surface area contributed by atoms with Gasteiger partial charge in [0.15, 0.2) is 0 Å². The molecule has 0 saturated carbocycles. The molecule has 1 aromatic rings. The lowest BCUT2D eigenvalue weighted by Gasteiger charge is -2.13. The zero-order valence-electron chi connectivity index (χ0n) is 10.4. The van der Waals surface area contributed by atoms with E-state index in [0.29, 0.717) is 19.4 Å². The van der Waals surface area contributed by atoms with Crippen LogP contribution >= 0.6 is 11.6 Å². The molecule has 3 N–H and O–H groups in total. The van der Waals surface area contributed by atoms with E-state index in [1.165, 1.54) is 0 Å². The Kier molecular flexibility index (Phi) is 6.54. The fourth-order valence-electron chi connectivity index (χ4n) is 1.57. The lowest BCUT2D eigenvalue weighted by atomic mass is 10.1. The van der Waals surface area contributed by atoms with Crippen LogP contribution in [0.3, 0.4) is 0 Å². The van der Waals surface area contributed by atoms with Crippen LogP contribution in [0.25, 0.3) is 0 Å². The Morgan fingerprint density at radius 3 is 2.83 bits per heavy atom. The van der Waals surface area contributed by atoms with Crippen molar-refractivity contribution in [1.29, 1.82) is 0 Å². The molecule has 1 atom stereocenters. The molecule has 0 fully saturated rings. The van der Waals surface area contributed by atoms with Gasteiger partial charge < -0.3 is 15.7 Å². The van der Waals surface area contributed by atoms with Crippen molar-refractivity contribution < 1.29 is 9.90 Å². The number of aryl methyl sites for hydroxylation is 1. The SMILES string of the molecule is CNC(=O)CCc1ccccc1NCC(O)CCl. The first-order valence-corrected chi connectivity index (χ1v) is 6.47. The minimum absolute atomic E-state index is 0.0191. The lowest BCUT2D eigenvalue weighted by Crippen LogP contribution is -2.22. The largest absolute Gasteiger partial charge is 0.390 e. The molecule has 1 rings (SSSR count). The zero-order valence-corrected chi connectivity index (χ0v) is 11.2. The summed E-state index contributed by atoms with van der Waals surface area (Å²) < 4.78 is 0. The summed E-state index contributed by atoms with van der Waals surface area (Å²) in [6.45, 7) is 0.403. The average molecular weight is 271 g/mol. The maximum Gasteiger partial charge on any atom is 0.220 e. The van der Waals surface area contributed by atoms with Gasteiger partial charge in [-0.3, -0.25) is 4.79 Å². The molecule has 0 radical (unpaired) electrons. The van der Waals surface area contributed by atoms with Gasteiger partial charge in [0.1, 0.15) is 0 Å².